The normalized spacial score (nSPS) is 19.9. The molecule has 2 aromatic rings. The highest BCUT2D eigenvalue weighted by molar-refractivity contribution is 5.63. The Morgan fingerprint density at radius 2 is 1.68 bits per heavy atom. The molecule has 0 atom stereocenters. The van der Waals surface area contributed by atoms with Crippen molar-refractivity contribution in [2.75, 3.05) is 58.3 Å². The molecule has 3 heterocycles. The zero-order chi connectivity index (χ0) is 19.7. The van der Waals surface area contributed by atoms with E-state index in [0.717, 1.165) is 48.4 Å². The van der Waals surface area contributed by atoms with Crippen molar-refractivity contribution in [1.82, 2.24) is 20.0 Å². The van der Waals surface area contributed by atoms with Gasteiger partial charge in [-0.3, -0.25) is 4.90 Å². The molecule has 2 aliphatic heterocycles. The van der Waals surface area contributed by atoms with Crippen molar-refractivity contribution in [2.24, 2.45) is 0 Å². The maximum Gasteiger partial charge on any atom is 0.318 e. The number of piperazine rings is 1. The van der Waals surface area contributed by atoms with Crippen molar-refractivity contribution in [2.45, 2.75) is 32.7 Å². The smallest absolute Gasteiger partial charge is 0.318 e. The van der Waals surface area contributed by atoms with Gasteiger partial charge in [0.15, 0.2) is 0 Å². The molecule has 7 nitrogen and oxygen atoms in total. The molecule has 0 unspecified atom stereocenters. The second kappa shape index (κ2) is 8.09. The summed E-state index contributed by atoms with van der Waals surface area (Å²) in [5.74, 6) is 1.40. The molecule has 28 heavy (non-hydrogen) atoms. The van der Waals surface area contributed by atoms with E-state index in [1.807, 2.05) is 13.0 Å². The van der Waals surface area contributed by atoms with Crippen LogP contribution in [-0.4, -0.2) is 79.5 Å². The molecule has 2 aliphatic rings. The summed E-state index contributed by atoms with van der Waals surface area (Å²) in [6.07, 6.45) is 2.30. The van der Waals surface area contributed by atoms with E-state index in [-0.39, 0.29) is 0 Å². The first-order valence-corrected chi connectivity index (χ1v) is 10.2. The van der Waals surface area contributed by atoms with Crippen LogP contribution in [0.5, 0.6) is 5.75 Å². The molecular formula is C21H31N5O2. The van der Waals surface area contributed by atoms with Crippen molar-refractivity contribution in [3.05, 3.63) is 23.3 Å². The number of hydrogen-bond donors (Lipinski definition) is 0. The first-order chi connectivity index (χ1) is 13.5. The van der Waals surface area contributed by atoms with Crippen molar-refractivity contribution in [3.8, 4) is 17.2 Å². The van der Waals surface area contributed by atoms with Gasteiger partial charge >= 0.3 is 6.01 Å². The van der Waals surface area contributed by atoms with Crippen molar-refractivity contribution < 1.29 is 9.15 Å². The quantitative estimate of drug-likeness (QED) is 0.802. The molecule has 152 valence electrons. The lowest BCUT2D eigenvalue weighted by Crippen LogP contribution is -2.52. The van der Waals surface area contributed by atoms with Crippen LogP contribution in [0.15, 0.2) is 16.5 Å². The molecule has 0 spiro atoms. The Bertz CT molecular complexity index is 805. The zero-order valence-corrected chi connectivity index (χ0v) is 17.4. The van der Waals surface area contributed by atoms with Gasteiger partial charge in [-0.1, -0.05) is 11.2 Å². The first-order valence-electron chi connectivity index (χ1n) is 10.2. The summed E-state index contributed by atoms with van der Waals surface area (Å²) < 4.78 is 11.5. The minimum absolute atomic E-state index is 0.562. The van der Waals surface area contributed by atoms with Gasteiger partial charge in [0, 0.05) is 50.9 Å². The zero-order valence-electron chi connectivity index (χ0n) is 17.4. The van der Waals surface area contributed by atoms with E-state index in [0.29, 0.717) is 17.9 Å². The van der Waals surface area contributed by atoms with Gasteiger partial charge in [-0.15, -0.1) is 5.10 Å². The minimum Gasteiger partial charge on any atom is -0.496 e. The van der Waals surface area contributed by atoms with E-state index in [9.17, 15) is 0 Å². The van der Waals surface area contributed by atoms with Gasteiger partial charge in [-0.05, 0) is 50.9 Å². The Hall–Kier alpha value is -2.12. The molecule has 1 aromatic carbocycles. The second-order valence-corrected chi connectivity index (χ2v) is 8.08. The Morgan fingerprint density at radius 1 is 0.964 bits per heavy atom. The Kier molecular flexibility index (Phi) is 5.55. The van der Waals surface area contributed by atoms with E-state index in [4.69, 9.17) is 9.15 Å². The van der Waals surface area contributed by atoms with Crippen molar-refractivity contribution in [3.63, 3.8) is 0 Å². The van der Waals surface area contributed by atoms with Crippen LogP contribution >= 0.6 is 0 Å². The topological polar surface area (TPSA) is 57.9 Å². The van der Waals surface area contributed by atoms with Crippen molar-refractivity contribution >= 4 is 6.01 Å². The fraction of sp³-hybridized carbons (Fsp3) is 0.619. The standard InChI is InChI=1S/C21H31N5O2/c1-15-13-16(2)19(27-4)14-18(15)20-22-23-21(28-20)26-7-5-17(6-8-26)25-11-9-24(3)10-12-25/h13-14,17H,5-12H2,1-4H3. The monoisotopic (exact) mass is 385 g/mol. The Balaban J connectivity index is 1.42. The lowest BCUT2D eigenvalue weighted by Gasteiger charge is -2.41. The van der Waals surface area contributed by atoms with Gasteiger partial charge in [-0.2, -0.15) is 0 Å². The molecule has 0 radical (unpaired) electrons. The lowest BCUT2D eigenvalue weighted by molar-refractivity contribution is 0.0976. The number of aryl methyl sites for hydroxylation is 2. The van der Waals surface area contributed by atoms with Crippen LogP contribution < -0.4 is 9.64 Å². The molecule has 2 saturated heterocycles. The largest absolute Gasteiger partial charge is 0.496 e. The van der Waals surface area contributed by atoms with Gasteiger partial charge in [0.1, 0.15) is 5.75 Å². The van der Waals surface area contributed by atoms with Crippen molar-refractivity contribution in [1.29, 1.82) is 0 Å². The van der Waals surface area contributed by atoms with E-state index >= 15 is 0 Å². The fourth-order valence-electron chi connectivity index (χ4n) is 4.34. The first kappa shape index (κ1) is 19.2. The lowest BCUT2D eigenvalue weighted by atomic mass is 10.0. The number of ether oxygens (including phenoxy) is 1. The van der Waals surface area contributed by atoms with E-state index in [1.165, 1.54) is 26.2 Å². The van der Waals surface area contributed by atoms with E-state index in [2.05, 4.69) is 44.9 Å². The molecule has 7 heteroatoms. The van der Waals surface area contributed by atoms with Crippen LogP contribution in [0, 0.1) is 13.8 Å². The van der Waals surface area contributed by atoms with Gasteiger partial charge in [0.05, 0.1) is 7.11 Å². The third-order valence-corrected chi connectivity index (χ3v) is 6.18. The SMILES string of the molecule is COc1cc(-c2nnc(N3CCC(N4CCN(C)CC4)CC3)o2)c(C)cc1C. The van der Waals surface area contributed by atoms with Crippen LogP contribution in [-0.2, 0) is 0 Å². The second-order valence-electron chi connectivity index (χ2n) is 8.08. The molecule has 0 saturated carbocycles. The number of anilines is 1. The summed E-state index contributed by atoms with van der Waals surface area (Å²) in [5.41, 5.74) is 3.16. The van der Waals surface area contributed by atoms with Crippen LogP contribution in [0.4, 0.5) is 6.01 Å². The number of methoxy groups -OCH3 is 1. The van der Waals surface area contributed by atoms with E-state index < -0.39 is 0 Å². The number of rotatable bonds is 4. The summed E-state index contributed by atoms with van der Waals surface area (Å²) in [5, 5.41) is 8.65. The third-order valence-electron chi connectivity index (χ3n) is 6.18. The molecule has 4 rings (SSSR count). The van der Waals surface area contributed by atoms with Crippen LogP contribution in [0.1, 0.15) is 24.0 Å². The number of likely N-dealkylation sites (N-methyl/N-ethyl adjacent to an activating group) is 1. The Labute approximate surface area is 167 Å². The average molecular weight is 386 g/mol. The molecule has 0 aliphatic carbocycles. The van der Waals surface area contributed by atoms with Gasteiger partial charge in [-0.25, -0.2) is 0 Å². The summed E-state index contributed by atoms with van der Waals surface area (Å²) in [7, 11) is 3.89. The number of hydrogen-bond acceptors (Lipinski definition) is 7. The highest BCUT2D eigenvalue weighted by Crippen LogP contribution is 2.31. The van der Waals surface area contributed by atoms with Gasteiger partial charge < -0.3 is 19.0 Å². The minimum atomic E-state index is 0.562. The summed E-state index contributed by atoms with van der Waals surface area (Å²) in [6.45, 7) is 10.7. The molecular weight excluding hydrogens is 354 g/mol. The predicted molar refractivity (Wildman–Crippen MR) is 110 cm³/mol. The number of benzene rings is 1. The van der Waals surface area contributed by atoms with E-state index in [1.54, 1.807) is 7.11 Å². The molecule has 2 fully saturated rings. The van der Waals surface area contributed by atoms with Crippen LogP contribution in [0.3, 0.4) is 0 Å². The maximum atomic E-state index is 6.05. The number of piperidine rings is 1. The summed E-state index contributed by atoms with van der Waals surface area (Å²) in [6, 6.07) is 5.39. The fourth-order valence-corrected chi connectivity index (χ4v) is 4.34. The summed E-state index contributed by atoms with van der Waals surface area (Å²) in [4.78, 5) is 7.29. The van der Waals surface area contributed by atoms with Gasteiger partial charge in [0.25, 0.3) is 0 Å². The molecule has 0 bridgehead atoms. The third kappa shape index (κ3) is 3.86. The maximum absolute atomic E-state index is 6.05. The van der Waals surface area contributed by atoms with Crippen LogP contribution in [0.25, 0.3) is 11.5 Å². The average Bonchev–Trinajstić information content (AvgIpc) is 3.19. The summed E-state index contributed by atoms with van der Waals surface area (Å²) >= 11 is 0. The highest BCUT2D eigenvalue weighted by Gasteiger charge is 2.28. The number of aromatic nitrogens is 2. The van der Waals surface area contributed by atoms with Crippen LogP contribution in [0.2, 0.25) is 0 Å². The van der Waals surface area contributed by atoms with Gasteiger partial charge in [0.2, 0.25) is 5.89 Å². The Morgan fingerprint density at radius 3 is 2.36 bits per heavy atom. The molecule has 0 N–H and O–H groups in total. The number of nitrogens with zero attached hydrogens (tertiary/aromatic N) is 5. The predicted octanol–water partition coefficient (Wildman–Crippen LogP) is 2.58. The highest BCUT2D eigenvalue weighted by atomic mass is 16.5. The molecule has 1 aromatic heterocycles. The molecule has 0 amide bonds.